The monoisotopic (exact) mass is 325 g/mol. The van der Waals surface area contributed by atoms with E-state index in [0.29, 0.717) is 24.0 Å². The van der Waals surface area contributed by atoms with Gasteiger partial charge in [-0.15, -0.1) is 0 Å². The van der Waals surface area contributed by atoms with Gasteiger partial charge in [-0.25, -0.2) is 0 Å². The van der Waals surface area contributed by atoms with Crippen molar-refractivity contribution in [1.82, 2.24) is 5.32 Å². The molecular formula is C17H21F2NO3. The molecule has 0 bridgehead atoms. The predicted molar refractivity (Wildman–Crippen MR) is 83.1 cm³/mol. The Kier molecular flexibility index (Phi) is 6.10. The summed E-state index contributed by atoms with van der Waals surface area (Å²) in [5.74, 6) is -0.222. The second-order valence-electron chi connectivity index (χ2n) is 5.72. The SMILES string of the molecule is CC(=CC(=O)NC1CCC(O)CC1)c1ccccc1OC(F)F. The van der Waals surface area contributed by atoms with Crippen molar-refractivity contribution in [2.75, 3.05) is 0 Å². The number of halogens is 2. The van der Waals surface area contributed by atoms with Crippen LogP contribution in [0.25, 0.3) is 5.57 Å². The molecular weight excluding hydrogens is 304 g/mol. The quantitative estimate of drug-likeness (QED) is 0.818. The minimum Gasteiger partial charge on any atom is -0.434 e. The molecule has 0 unspecified atom stereocenters. The third kappa shape index (κ3) is 5.32. The van der Waals surface area contributed by atoms with Crippen LogP contribution in [0.4, 0.5) is 8.78 Å². The van der Waals surface area contributed by atoms with Gasteiger partial charge in [0.15, 0.2) is 0 Å². The van der Waals surface area contributed by atoms with E-state index in [1.807, 2.05) is 0 Å². The van der Waals surface area contributed by atoms with Crippen LogP contribution in [0, 0.1) is 0 Å². The molecule has 4 nitrogen and oxygen atoms in total. The third-order valence-corrected chi connectivity index (χ3v) is 3.92. The minimum atomic E-state index is -2.91. The fraction of sp³-hybridized carbons (Fsp3) is 0.471. The molecule has 0 aliphatic heterocycles. The second-order valence-corrected chi connectivity index (χ2v) is 5.72. The maximum absolute atomic E-state index is 12.4. The van der Waals surface area contributed by atoms with Gasteiger partial charge in [0.2, 0.25) is 5.91 Å². The number of alkyl halides is 2. The number of hydrogen-bond acceptors (Lipinski definition) is 3. The molecule has 1 aliphatic rings. The fourth-order valence-electron chi connectivity index (χ4n) is 2.73. The molecule has 1 amide bonds. The van der Waals surface area contributed by atoms with E-state index < -0.39 is 6.61 Å². The van der Waals surface area contributed by atoms with Crippen LogP contribution >= 0.6 is 0 Å². The first kappa shape index (κ1) is 17.4. The number of ether oxygens (including phenoxy) is 1. The summed E-state index contributed by atoms with van der Waals surface area (Å²) < 4.78 is 29.3. The first-order valence-corrected chi connectivity index (χ1v) is 7.66. The average molecular weight is 325 g/mol. The van der Waals surface area contributed by atoms with Crippen molar-refractivity contribution in [3.05, 3.63) is 35.9 Å². The summed E-state index contributed by atoms with van der Waals surface area (Å²) in [6.07, 6.45) is 3.95. The number of allylic oxidation sites excluding steroid dienone is 1. The molecule has 1 aromatic rings. The van der Waals surface area contributed by atoms with E-state index in [1.54, 1.807) is 25.1 Å². The summed E-state index contributed by atoms with van der Waals surface area (Å²) in [6.45, 7) is -1.23. The van der Waals surface area contributed by atoms with Gasteiger partial charge in [0.05, 0.1) is 6.10 Å². The molecule has 1 saturated carbocycles. The number of para-hydroxylation sites is 1. The van der Waals surface area contributed by atoms with Gasteiger partial charge in [0, 0.05) is 17.7 Å². The highest BCUT2D eigenvalue weighted by Crippen LogP contribution is 2.27. The molecule has 2 rings (SSSR count). The average Bonchev–Trinajstić information content (AvgIpc) is 2.49. The molecule has 0 atom stereocenters. The number of rotatable bonds is 5. The Labute approximate surface area is 134 Å². The summed E-state index contributed by atoms with van der Waals surface area (Å²) in [7, 11) is 0. The summed E-state index contributed by atoms with van der Waals surface area (Å²) in [5.41, 5.74) is 1.01. The Bertz CT molecular complexity index is 567. The number of hydrogen-bond donors (Lipinski definition) is 2. The number of carbonyl (C=O) groups excluding carboxylic acids is 1. The van der Waals surface area contributed by atoms with Crippen LogP contribution in [0.5, 0.6) is 5.75 Å². The molecule has 6 heteroatoms. The third-order valence-electron chi connectivity index (χ3n) is 3.92. The highest BCUT2D eigenvalue weighted by atomic mass is 19.3. The van der Waals surface area contributed by atoms with E-state index in [2.05, 4.69) is 10.1 Å². The lowest BCUT2D eigenvalue weighted by Gasteiger charge is -2.25. The summed E-state index contributed by atoms with van der Waals surface area (Å²) in [4.78, 5) is 12.1. The van der Waals surface area contributed by atoms with Gasteiger partial charge in [-0.2, -0.15) is 8.78 Å². The highest BCUT2D eigenvalue weighted by molar-refractivity contribution is 5.95. The van der Waals surface area contributed by atoms with E-state index in [4.69, 9.17) is 0 Å². The van der Waals surface area contributed by atoms with E-state index in [9.17, 15) is 18.7 Å². The van der Waals surface area contributed by atoms with Crippen LogP contribution in [0.15, 0.2) is 30.3 Å². The van der Waals surface area contributed by atoms with Crippen LogP contribution in [0.1, 0.15) is 38.2 Å². The molecule has 126 valence electrons. The molecule has 0 radical (unpaired) electrons. The van der Waals surface area contributed by atoms with Gasteiger partial charge in [-0.05, 0) is 44.2 Å². The predicted octanol–water partition coefficient (Wildman–Crippen LogP) is 3.11. The van der Waals surface area contributed by atoms with Gasteiger partial charge in [0.1, 0.15) is 5.75 Å². The van der Waals surface area contributed by atoms with Gasteiger partial charge < -0.3 is 15.2 Å². The van der Waals surface area contributed by atoms with E-state index in [0.717, 1.165) is 12.8 Å². The number of aliphatic hydroxyl groups excluding tert-OH is 1. The van der Waals surface area contributed by atoms with Crippen molar-refractivity contribution in [2.45, 2.75) is 51.4 Å². The van der Waals surface area contributed by atoms with Crippen molar-refractivity contribution in [3.63, 3.8) is 0 Å². The van der Waals surface area contributed by atoms with Crippen LogP contribution in [-0.4, -0.2) is 29.8 Å². The Morgan fingerprint density at radius 1 is 1.30 bits per heavy atom. The maximum atomic E-state index is 12.4. The standard InChI is InChI=1S/C17H21F2NO3/c1-11(14-4-2-3-5-15(14)23-17(18)19)10-16(22)20-12-6-8-13(21)9-7-12/h2-5,10,12-13,17,21H,6-9H2,1H3,(H,20,22). The smallest absolute Gasteiger partial charge is 0.387 e. The first-order chi connectivity index (χ1) is 11.0. The van der Waals surface area contributed by atoms with Gasteiger partial charge in [0.25, 0.3) is 0 Å². The van der Waals surface area contributed by atoms with Gasteiger partial charge >= 0.3 is 6.61 Å². The Morgan fingerprint density at radius 3 is 2.61 bits per heavy atom. The normalized spacial score (nSPS) is 22.0. The molecule has 1 aromatic carbocycles. The van der Waals surface area contributed by atoms with Gasteiger partial charge in [-0.3, -0.25) is 4.79 Å². The lowest BCUT2D eigenvalue weighted by Crippen LogP contribution is -2.37. The van der Waals surface area contributed by atoms with E-state index in [-0.39, 0.29) is 23.8 Å². The summed E-state index contributed by atoms with van der Waals surface area (Å²) in [5, 5.41) is 12.3. The van der Waals surface area contributed by atoms with E-state index in [1.165, 1.54) is 12.1 Å². The van der Waals surface area contributed by atoms with Crippen LogP contribution in [0.2, 0.25) is 0 Å². The number of amides is 1. The van der Waals surface area contributed by atoms with Crippen LogP contribution < -0.4 is 10.1 Å². The number of carbonyl (C=O) groups is 1. The van der Waals surface area contributed by atoms with Crippen LogP contribution in [0.3, 0.4) is 0 Å². The molecule has 0 saturated heterocycles. The van der Waals surface area contributed by atoms with Gasteiger partial charge in [-0.1, -0.05) is 18.2 Å². The molecule has 1 aliphatic carbocycles. The minimum absolute atomic E-state index is 0.0440. The largest absolute Gasteiger partial charge is 0.434 e. The van der Waals surface area contributed by atoms with Crippen molar-refractivity contribution in [2.24, 2.45) is 0 Å². The molecule has 23 heavy (non-hydrogen) atoms. The fourth-order valence-corrected chi connectivity index (χ4v) is 2.73. The lowest BCUT2D eigenvalue weighted by molar-refractivity contribution is -0.117. The number of aliphatic hydroxyl groups is 1. The zero-order valence-corrected chi connectivity index (χ0v) is 13.0. The van der Waals surface area contributed by atoms with Crippen molar-refractivity contribution in [3.8, 4) is 5.75 Å². The Morgan fingerprint density at radius 2 is 1.96 bits per heavy atom. The highest BCUT2D eigenvalue weighted by Gasteiger charge is 2.20. The summed E-state index contributed by atoms with van der Waals surface area (Å²) in [6, 6.07) is 6.42. The molecule has 2 N–H and O–H groups in total. The molecule has 0 heterocycles. The number of nitrogens with one attached hydrogen (secondary N) is 1. The number of benzene rings is 1. The molecule has 0 aromatic heterocycles. The molecule has 0 spiro atoms. The van der Waals surface area contributed by atoms with Crippen molar-refractivity contribution in [1.29, 1.82) is 0 Å². The Balaban J connectivity index is 2.03. The maximum Gasteiger partial charge on any atom is 0.387 e. The van der Waals surface area contributed by atoms with Crippen molar-refractivity contribution >= 4 is 11.5 Å². The zero-order valence-electron chi connectivity index (χ0n) is 13.0. The molecule has 1 fully saturated rings. The second kappa shape index (κ2) is 8.06. The first-order valence-electron chi connectivity index (χ1n) is 7.66. The summed E-state index contributed by atoms with van der Waals surface area (Å²) >= 11 is 0. The topological polar surface area (TPSA) is 58.6 Å². The van der Waals surface area contributed by atoms with Crippen LogP contribution in [-0.2, 0) is 4.79 Å². The zero-order chi connectivity index (χ0) is 16.8. The van der Waals surface area contributed by atoms with Crippen molar-refractivity contribution < 1.29 is 23.4 Å². The Hall–Kier alpha value is -1.95. The lowest BCUT2D eigenvalue weighted by atomic mass is 9.93. The van der Waals surface area contributed by atoms with E-state index >= 15 is 0 Å².